The first kappa shape index (κ1) is 14.4. The van der Waals surface area contributed by atoms with Crippen molar-refractivity contribution in [3.63, 3.8) is 0 Å². The average Bonchev–Trinajstić information content (AvgIpc) is 2.85. The molecule has 0 spiro atoms. The Morgan fingerprint density at radius 2 is 1.90 bits per heavy atom. The first-order valence-corrected chi connectivity index (χ1v) is 7.41. The fraction of sp³-hybridized carbons (Fsp3) is 0. The number of hydrogen-bond donors (Lipinski definition) is 2. The van der Waals surface area contributed by atoms with Crippen LogP contribution in [0.3, 0.4) is 0 Å². The average molecular weight is 319 g/mol. The second kappa shape index (κ2) is 5.17. The van der Waals surface area contributed by atoms with Crippen molar-refractivity contribution in [3.05, 3.63) is 46.8 Å². The van der Waals surface area contributed by atoms with Gasteiger partial charge in [0.15, 0.2) is 11.6 Å². The van der Waals surface area contributed by atoms with E-state index in [1.807, 2.05) is 4.72 Å². The fourth-order valence-corrected chi connectivity index (χ4v) is 3.56. The van der Waals surface area contributed by atoms with Crippen molar-refractivity contribution < 1.29 is 27.1 Å². The molecule has 0 saturated heterocycles. The number of anilines is 1. The Morgan fingerprint density at radius 3 is 2.50 bits per heavy atom. The standard InChI is InChI=1S/C11H7F2NO4S2/c12-6-2-1-3-7(10(6)13)14-20(17,18)9-5-4-8(19-9)11(15)16/h1-5,14H,(H,15,16). The van der Waals surface area contributed by atoms with Crippen molar-refractivity contribution in [2.24, 2.45) is 0 Å². The van der Waals surface area contributed by atoms with Crippen LogP contribution in [-0.4, -0.2) is 19.5 Å². The molecule has 0 aliphatic rings. The molecule has 2 N–H and O–H groups in total. The fourth-order valence-electron chi connectivity index (χ4n) is 1.36. The van der Waals surface area contributed by atoms with Crippen LogP contribution in [0.5, 0.6) is 0 Å². The predicted molar refractivity (Wildman–Crippen MR) is 68.4 cm³/mol. The summed E-state index contributed by atoms with van der Waals surface area (Å²) in [6.45, 7) is 0. The first-order valence-electron chi connectivity index (χ1n) is 5.11. The van der Waals surface area contributed by atoms with Gasteiger partial charge >= 0.3 is 5.97 Å². The van der Waals surface area contributed by atoms with Gasteiger partial charge in [-0.2, -0.15) is 0 Å². The molecule has 5 nitrogen and oxygen atoms in total. The number of hydrogen-bond acceptors (Lipinski definition) is 4. The number of thiophene rings is 1. The summed E-state index contributed by atoms with van der Waals surface area (Å²) in [5.41, 5.74) is -0.546. The highest BCUT2D eigenvalue weighted by Crippen LogP contribution is 2.25. The molecule has 0 amide bonds. The number of halogens is 2. The Labute approximate surface area is 116 Å². The van der Waals surface area contributed by atoms with E-state index >= 15 is 0 Å². The summed E-state index contributed by atoms with van der Waals surface area (Å²) < 4.78 is 51.8. The van der Waals surface area contributed by atoms with Gasteiger partial charge in [-0.3, -0.25) is 4.72 Å². The van der Waals surface area contributed by atoms with E-state index in [2.05, 4.69) is 0 Å². The van der Waals surface area contributed by atoms with E-state index in [0.29, 0.717) is 11.3 Å². The zero-order valence-electron chi connectivity index (χ0n) is 9.63. The Hall–Kier alpha value is -2.00. The number of rotatable bonds is 4. The summed E-state index contributed by atoms with van der Waals surface area (Å²) >= 11 is 0.511. The Balaban J connectivity index is 2.35. The summed E-state index contributed by atoms with van der Waals surface area (Å²) in [5, 5.41) is 8.72. The van der Waals surface area contributed by atoms with Gasteiger partial charge in [-0.1, -0.05) is 6.07 Å². The minimum atomic E-state index is -4.17. The van der Waals surface area contributed by atoms with Crippen molar-refractivity contribution in [3.8, 4) is 0 Å². The topological polar surface area (TPSA) is 83.5 Å². The van der Waals surface area contributed by atoms with Gasteiger partial charge in [-0.15, -0.1) is 11.3 Å². The van der Waals surface area contributed by atoms with E-state index in [0.717, 1.165) is 30.3 Å². The molecule has 1 aromatic carbocycles. The van der Waals surface area contributed by atoms with Crippen LogP contribution in [0, 0.1) is 11.6 Å². The highest BCUT2D eigenvalue weighted by Gasteiger charge is 2.21. The van der Waals surface area contributed by atoms with Gasteiger partial charge in [0.25, 0.3) is 10.0 Å². The summed E-state index contributed by atoms with van der Waals surface area (Å²) in [7, 11) is -4.17. The highest BCUT2D eigenvalue weighted by atomic mass is 32.2. The van der Waals surface area contributed by atoms with E-state index in [9.17, 15) is 22.0 Å². The van der Waals surface area contributed by atoms with Gasteiger partial charge in [0.05, 0.1) is 5.69 Å². The Bertz CT molecular complexity index is 770. The van der Waals surface area contributed by atoms with Crippen LogP contribution in [0.25, 0.3) is 0 Å². The number of benzene rings is 1. The highest BCUT2D eigenvalue weighted by molar-refractivity contribution is 7.94. The maximum absolute atomic E-state index is 13.4. The normalized spacial score (nSPS) is 11.3. The number of sulfonamides is 1. The summed E-state index contributed by atoms with van der Waals surface area (Å²) in [4.78, 5) is 10.5. The van der Waals surface area contributed by atoms with E-state index in [1.165, 1.54) is 0 Å². The zero-order valence-corrected chi connectivity index (χ0v) is 11.3. The van der Waals surface area contributed by atoms with Gasteiger partial charge in [-0.05, 0) is 24.3 Å². The van der Waals surface area contributed by atoms with Crippen molar-refractivity contribution in [2.45, 2.75) is 4.21 Å². The third-order valence-electron chi connectivity index (χ3n) is 2.25. The molecule has 0 bridgehead atoms. The predicted octanol–water partition coefficient (Wildman–Crippen LogP) is 2.53. The number of carboxylic acids is 1. The van der Waals surface area contributed by atoms with E-state index < -0.39 is 33.3 Å². The van der Waals surface area contributed by atoms with E-state index in [1.54, 1.807) is 0 Å². The number of carboxylic acid groups (broad SMARTS) is 1. The number of nitrogens with one attached hydrogen (secondary N) is 1. The minimum absolute atomic E-state index is 0.176. The molecule has 0 aliphatic heterocycles. The van der Waals surface area contributed by atoms with Gasteiger partial charge < -0.3 is 5.11 Å². The molecule has 106 valence electrons. The maximum atomic E-state index is 13.4. The molecule has 2 aromatic rings. The van der Waals surface area contributed by atoms with Crippen molar-refractivity contribution in [1.29, 1.82) is 0 Å². The summed E-state index contributed by atoms with van der Waals surface area (Å²) in [5.74, 6) is -3.79. The smallest absolute Gasteiger partial charge is 0.345 e. The number of carbonyl (C=O) groups is 1. The second-order valence-electron chi connectivity index (χ2n) is 3.63. The molecule has 1 aromatic heterocycles. The third kappa shape index (κ3) is 2.78. The van der Waals surface area contributed by atoms with Crippen LogP contribution in [0.4, 0.5) is 14.5 Å². The summed E-state index contributed by atoms with van der Waals surface area (Å²) in [6, 6.07) is 5.24. The lowest BCUT2D eigenvalue weighted by Gasteiger charge is -2.07. The lowest BCUT2D eigenvalue weighted by molar-refractivity contribution is 0.0702. The van der Waals surface area contributed by atoms with Crippen LogP contribution >= 0.6 is 11.3 Å². The van der Waals surface area contributed by atoms with Crippen LogP contribution in [0.15, 0.2) is 34.5 Å². The van der Waals surface area contributed by atoms with E-state index in [4.69, 9.17) is 5.11 Å². The molecule has 0 radical (unpaired) electrons. The minimum Gasteiger partial charge on any atom is -0.477 e. The maximum Gasteiger partial charge on any atom is 0.345 e. The lowest BCUT2D eigenvalue weighted by Crippen LogP contribution is -2.13. The monoisotopic (exact) mass is 319 g/mol. The van der Waals surface area contributed by atoms with Gasteiger partial charge in [-0.25, -0.2) is 22.0 Å². The number of aromatic carboxylic acids is 1. The largest absolute Gasteiger partial charge is 0.477 e. The van der Waals surface area contributed by atoms with Crippen molar-refractivity contribution >= 4 is 33.0 Å². The molecule has 9 heteroatoms. The molecule has 20 heavy (non-hydrogen) atoms. The SMILES string of the molecule is O=C(O)c1ccc(S(=O)(=O)Nc2cccc(F)c2F)s1. The summed E-state index contributed by atoms with van der Waals surface area (Å²) in [6.07, 6.45) is 0. The van der Waals surface area contributed by atoms with Crippen LogP contribution < -0.4 is 4.72 Å². The van der Waals surface area contributed by atoms with Gasteiger partial charge in [0.1, 0.15) is 9.09 Å². The molecular weight excluding hydrogens is 312 g/mol. The molecule has 0 saturated carbocycles. The van der Waals surface area contributed by atoms with Crippen LogP contribution in [0.2, 0.25) is 0 Å². The molecule has 2 rings (SSSR count). The molecule has 0 aliphatic carbocycles. The molecule has 0 unspecified atom stereocenters. The Morgan fingerprint density at radius 1 is 1.20 bits per heavy atom. The van der Waals surface area contributed by atoms with E-state index in [-0.39, 0.29) is 9.09 Å². The lowest BCUT2D eigenvalue weighted by atomic mass is 10.3. The quantitative estimate of drug-likeness (QED) is 0.907. The van der Waals surface area contributed by atoms with Crippen LogP contribution in [-0.2, 0) is 10.0 Å². The van der Waals surface area contributed by atoms with Crippen molar-refractivity contribution in [2.75, 3.05) is 4.72 Å². The zero-order chi connectivity index (χ0) is 14.9. The molecule has 1 heterocycles. The van der Waals surface area contributed by atoms with Crippen molar-refractivity contribution in [1.82, 2.24) is 0 Å². The van der Waals surface area contributed by atoms with Gasteiger partial charge in [0, 0.05) is 0 Å². The Kier molecular flexibility index (Phi) is 3.73. The third-order valence-corrected chi connectivity index (χ3v) is 5.18. The van der Waals surface area contributed by atoms with Crippen LogP contribution in [0.1, 0.15) is 9.67 Å². The second-order valence-corrected chi connectivity index (χ2v) is 6.62. The van der Waals surface area contributed by atoms with Gasteiger partial charge in [0.2, 0.25) is 0 Å². The molecular formula is C11H7F2NO4S2. The molecule has 0 fully saturated rings. The molecule has 0 atom stereocenters. The first-order chi connectivity index (χ1) is 9.31.